The van der Waals surface area contributed by atoms with E-state index in [4.69, 9.17) is 4.74 Å². The molecule has 0 bridgehead atoms. The molecule has 1 aromatic heterocycles. The van der Waals surface area contributed by atoms with E-state index in [2.05, 4.69) is 34.2 Å². The van der Waals surface area contributed by atoms with E-state index in [0.717, 1.165) is 37.9 Å². The van der Waals surface area contributed by atoms with Crippen molar-refractivity contribution in [1.82, 2.24) is 20.0 Å². The highest BCUT2D eigenvalue weighted by atomic mass is 16.5. The molecule has 1 aromatic rings. The Labute approximate surface area is 127 Å². The van der Waals surface area contributed by atoms with E-state index >= 15 is 0 Å². The second-order valence-corrected chi connectivity index (χ2v) is 5.73. The Bertz CT molecular complexity index is 508. The second kappa shape index (κ2) is 6.93. The minimum absolute atomic E-state index is 0.607. The van der Waals surface area contributed by atoms with Gasteiger partial charge in [-0.25, -0.2) is 0 Å². The standard InChI is InChI=1S/C15H27N5O/c1-11-14(12(2)19(4)18-11)8-17-15(16-3)20-7-6-13(9-20)10-21-5/h13H,6-10H2,1-5H3,(H,16,17). The average molecular weight is 293 g/mol. The summed E-state index contributed by atoms with van der Waals surface area (Å²) < 4.78 is 7.18. The minimum Gasteiger partial charge on any atom is -0.384 e. The lowest BCUT2D eigenvalue weighted by atomic mass is 10.1. The van der Waals surface area contributed by atoms with Crippen LogP contribution in [0.3, 0.4) is 0 Å². The van der Waals surface area contributed by atoms with Crippen molar-refractivity contribution in [2.75, 3.05) is 33.9 Å². The summed E-state index contributed by atoms with van der Waals surface area (Å²) >= 11 is 0. The zero-order valence-electron chi connectivity index (χ0n) is 13.8. The molecule has 0 radical (unpaired) electrons. The summed E-state index contributed by atoms with van der Waals surface area (Å²) in [5.74, 6) is 1.58. The van der Waals surface area contributed by atoms with Crippen LogP contribution in [-0.4, -0.2) is 54.5 Å². The Morgan fingerprint density at radius 3 is 2.81 bits per heavy atom. The zero-order valence-corrected chi connectivity index (χ0v) is 13.8. The van der Waals surface area contributed by atoms with Gasteiger partial charge in [0.15, 0.2) is 5.96 Å². The van der Waals surface area contributed by atoms with Crippen LogP contribution in [0.4, 0.5) is 0 Å². The van der Waals surface area contributed by atoms with Crippen molar-refractivity contribution >= 4 is 5.96 Å². The first-order valence-corrected chi connectivity index (χ1v) is 7.50. The van der Waals surface area contributed by atoms with Gasteiger partial charge in [-0.2, -0.15) is 5.10 Å². The van der Waals surface area contributed by atoms with E-state index in [9.17, 15) is 0 Å². The van der Waals surface area contributed by atoms with Crippen LogP contribution in [0.2, 0.25) is 0 Å². The number of aliphatic imine (C=N–C) groups is 1. The lowest BCUT2D eigenvalue weighted by Gasteiger charge is -2.21. The molecule has 1 unspecified atom stereocenters. The van der Waals surface area contributed by atoms with Gasteiger partial charge < -0.3 is 15.0 Å². The highest BCUT2D eigenvalue weighted by Crippen LogP contribution is 2.17. The summed E-state index contributed by atoms with van der Waals surface area (Å²) in [7, 11) is 5.59. The van der Waals surface area contributed by atoms with Gasteiger partial charge in [-0.3, -0.25) is 9.67 Å². The minimum atomic E-state index is 0.607. The highest BCUT2D eigenvalue weighted by Gasteiger charge is 2.24. The zero-order chi connectivity index (χ0) is 15.4. The van der Waals surface area contributed by atoms with Gasteiger partial charge in [0.05, 0.1) is 12.3 Å². The summed E-state index contributed by atoms with van der Waals surface area (Å²) in [6, 6.07) is 0. The molecule has 2 rings (SSSR count). The predicted octanol–water partition coefficient (Wildman–Crippen LogP) is 1.08. The lowest BCUT2D eigenvalue weighted by molar-refractivity contribution is 0.157. The van der Waals surface area contributed by atoms with E-state index in [1.807, 2.05) is 18.8 Å². The molecular weight excluding hydrogens is 266 g/mol. The maximum absolute atomic E-state index is 5.25. The fraction of sp³-hybridized carbons (Fsp3) is 0.733. The first kappa shape index (κ1) is 15.8. The molecular formula is C15H27N5O. The Kier molecular flexibility index (Phi) is 5.22. The highest BCUT2D eigenvalue weighted by molar-refractivity contribution is 5.80. The Morgan fingerprint density at radius 1 is 1.48 bits per heavy atom. The van der Waals surface area contributed by atoms with Crippen molar-refractivity contribution in [3.63, 3.8) is 0 Å². The molecule has 21 heavy (non-hydrogen) atoms. The lowest BCUT2D eigenvalue weighted by Crippen LogP contribution is -2.40. The van der Waals surface area contributed by atoms with E-state index in [0.29, 0.717) is 5.92 Å². The number of hydrogen-bond donors (Lipinski definition) is 1. The van der Waals surface area contributed by atoms with Crippen LogP contribution in [0.25, 0.3) is 0 Å². The van der Waals surface area contributed by atoms with Gasteiger partial charge in [-0.15, -0.1) is 0 Å². The monoisotopic (exact) mass is 293 g/mol. The number of nitrogens with zero attached hydrogens (tertiary/aromatic N) is 4. The van der Waals surface area contributed by atoms with Gasteiger partial charge in [0.1, 0.15) is 0 Å². The van der Waals surface area contributed by atoms with Crippen LogP contribution in [0, 0.1) is 19.8 Å². The van der Waals surface area contributed by atoms with Gasteiger partial charge in [0.2, 0.25) is 0 Å². The Morgan fingerprint density at radius 2 is 2.24 bits per heavy atom. The number of ether oxygens (including phenoxy) is 1. The van der Waals surface area contributed by atoms with E-state index in [1.165, 1.54) is 17.7 Å². The fourth-order valence-corrected chi connectivity index (χ4v) is 2.97. The maximum atomic E-state index is 5.25. The van der Waals surface area contributed by atoms with Crippen molar-refractivity contribution in [3.05, 3.63) is 17.0 Å². The smallest absolute Gasteiger partial charge is 0.193 e. The molecule has 0 aromatic carbocycles. The fourth-order valence-electron chi connectivity index (χ4n) is 2.97. The van der Waals surface area contributed by atoms with Gasteiger partial charge in [0.25, 0.3) is 0 Å². The average Bonchev–Trinajstić information content (AvgIpc) is 3.00. The summed E-state index contributed by atoms with van der Waals surface area (Å²) in [6.07, 6.45) is 1.17. The number of rotatable bonds is 4. The van der Waals surface area contributed by atoms with Crippen LogP contribution in [0.1, 0.15) is 23.4 Å². The first-order valence-electron chi connectivity index (χ1n) is 7.50. The molecule has 0 amide bonds. The van der Waals surface area contributed by atoms with Crippen molar-refractivity contribution in [3.8, 4) is 0 Å². The summed E-state index contributed by atoms with van der Waals surface area (Å²) in [6.45, 7) is 7.80. The molecule has 1 fully saturated rings. The molecule has 1 atom stereocenters. The molecule has 1 saturated heterocycles. The summed E-state index contributed by atoms with van der Waals surface area (Å²) in [4.78, 5) is 6.72. The van der Waals surface area contributed by atoms with Crippen molar-refractivity contribution in [1.29, 1.82) is 0 Å². The van der Waals surface area contributed by atoms with Crippen LogP contribution in [0.5, 0.6) is 0 Å². The number of nitrogens with one attached hydrogen (secondary N) is 1. The molecule has 6 heteroatoms. The SMILES string of the molecule is CN=C(NCc1c(C)nn(C)c1C)N1CCC(COC)C1. The normalized spacial score (nSPS) is 19.4. The van der Waals surface area contributed by atoms with E-state index in [-0.39, 0.29) is 0 Å². The third-order valence-corrected chi connectivity index (χ3v) is 4.28. The molecule has 1 N–H and O–H groups in total. The molecule has 6 nitrogen and oxygen atoms in total. The molecule has 2 heterocycles. The molecule has 0 saturated carbocycles. The van der Waals surface area contributed by atoms with Crippen LogP contribution < -0.4 is 5.32 Å². The first-order chi connectivity index (χ1) is 10.1. The molecule has 1 aliphatic rings. The van der Waals surface area contributed by atoms with Crippen LogP contribution in [-0.2, 0) is 18.3 Å². The third-order valence-electron chi connectivity index (χ3n) is 4.28. The summed E-state index contributed by atoms with van der Waals surface area (Å²) in [5, 5.41) is 7.92. The molecule has 0 aliphatic carbocycles. The van der Waals surface area contributed by atoms with Crippen molar-refractivity contribution in [2.45, 2.75) is 26.8 Å². The number of hydrogen-bond acceptors (Lipinski definition) is 3. The molecule has 118 valence electrons. The van der Waals surface area contributed by atoms with Crippen LogP contribution in [0.15, 0.2) is 4.99 Å². The summed E-state index contributed by atoms with van der Waals surface area (Å²) in [5.41, 5.74) is 3.54. The van der Waals surface area contributed by atoms with Crippen molar-refractivity contribution in [2.24, 2.45) is 18.0 Å². The van der Waals surface area contributed by atoms with Gasteiger partial charge >= 0.3 is 0 Å². The number of aromatic nitrogens is 2. The number of methoxy groups -OCH3 is 1. The molecule has 0 spiro atoms. The largest absolute Gasteiger partial charge is 0.384 e. The predicted molar refractivity (Wildman–Crippen MR) is 84.4 cm³/mol. The second-order valence-electron chi connectivity index (χ2n) is 5.73. The van der Waals surface area contributed by atoms with E-state index in [1.54, 1.807) is 7.11 Å². The third kappa shape index (κ3) is 3.56. The molecule has 1 aliphatic heterocycles. The maximum Gasteiger partial charge on any atom is 0.193 e. The quantitative estimate of drug-likeness (QED) is 0.667. The van der Waals surface area contributed by atoms with Gasteiger partial charge in [-0.05, 0) is 20.3 Å². The van der Waals surface area contributed by atoms with E-state index < -0.39 is 0 Å². The van der Waals surface area contributed by atoms with Gasteiger partial charge in [0, 0.05) is 58.0 Å². The number of likely N-dealkylation sites (tertiary alicyclic amines) is 1. The van der Waals surface area contributed by atoms with Crippen molar-refractivity contribution < 1.29 is 4.74 Å². The number of aryl methyl sites for hydroxylation is 2. The van der Waals surface area contributed by atoms with Crippen LogP contribution >= 0.6 is 0 Å². The number of guanidine groups is 1. The van der Waals surface area contributed by atoms with Gasteiger partial charge in [-0.1, -0.05) is 0 Å². The topological polar surface area (TPSA) is 54.7 Å². The Hall–Kier alpha value is -1.56. The Balaban J connectivity index is 1.95.